The van der Waals surface area contributed by atoms with Gasteiger partial charge in [-0.1, -0.05) is 11.6 Å². The zero-order chi connectivity index (χ0) is 27.6. The van der Waals surface area contributed by atoms with Crippen LogP contribution in [0.15, 0.2) is 12.1 Å². The van der Waals surface area contributed by atoms with Crippen LogP contribution in [0.25, 0.3) is 0 Å². The van der Waals surface area contributed by atoms with Crippen molar-refractivity contribution in [1.82, 2.24) is 9.62 Å². The number of amides is 2. The van der Waals surface area contributed by atoms with Gasteiger partial charge in [-0.3, -0.25) is 4.79 Å². The number of hydrogen-bond acceptors (Lipinski definition) is 6. The molecule has 0 heterocycles. The number of alkyl halides is 6. The zero-order valence-corrected chi connectivity index (χ0v) is 20.0. The number of nitrogens with zero attached hydrogens (tertiary/aromatic N) is 1. The molecular weight excluding hydrogens is 541 g/mol. The highest BCUT2D eigenvalue weighted by atomic mass is 35.5. The second-order valence-corrected chi connectivity index (χ2v) is 10.2. The van der Waals surface area contributed by atoms with Gasteiger partial charge in [0.05, 0.1) is 16.6 Å². The van der Waals surface area contributed by atoms with E-state index in [4.69, 9.17) is 21.1 Å². The SMILES string of the molecule is CC(COc1cc(C(=O)NCC(F)(F)F)c(Cl)cc1F)N(C(=O)OC(C)(C)C)S(=O)(=O)C(F)(F)F. The van der Waals surface area contributed by atoms with Gasteiger partial charge in [-0.2, -0.15) is 39.1 Å². The molecule has 35 heavy (non-hydrogen) atoms. The molecule has 1 unspecified atom stereocenters. The van der Waals surface area contributed by atoms with E-state index in [1.165, 1.54) is 26.1 Å². The Morgan fingerprint density at radius 1 is 1.11 bits per heavy atom. The van der Waals surface area contributed by atoms with E-state index in [1.54, 1.807) is 0 Å². The van der Waals surface area contributed by atoms with E-state index >= 15 is 0 Å². The van der Waals surface area contributed by atoms with Gasteiger partial charge in [0.2, 0.25) is 0 Å². The third-order valence-corrected chi connectivity index (χ3v) is 5.65. The molecule has 8 nitrogen and oxygen atoms in total. The molecule has 0 aliphatic rings. The fourth-order valence-corrected chi connectivity index (χ4v) is 3.53. The highest BCUT2D eigenvalue weighted by Gasteiger charge is 2.54. The Morgan fingerprint density at radius 3 is 2.11 bits per heavy atom. The summed E-state index contributed by atoms with van der Waals surface area (Å²) in [5.74, 6) is -3.52. The molecule has 1 atom stereocenters. The zero-order valence-electron chi connectivity index (χ0n) is 18.5. The van der Waals surface area contributed by atoms with Crippen molar-refractivity contribution in [3.05, 3.63) is 28.5 Å². The number of hydrogen-bond donors (Lipinski definition) is 1. The number of sulfonamides is 1. The fourth-order valence-electron chi connectivity index (χ4n) is 2.30. The highest BCUT2D eigenvalue weighted by molar-refractivity contribution is 7.90. The number of halogens is 8. The molecule has 0 aliphatic heterocycles. The summed E-state index contributed by atoms with van der Waals surface area (Å²) in [6.45, 7) is 1.79. The summed E-state index contributed by atoms with van der Waals surface area (Å²) in [5, 5.41) is 0.869. The van der Waals surface area contributed by atoms with Gasteiger partial charge in [-0.15, -0.1) is 0 Å². The second-order valence-electron chi connectivity index (χ2n) is 7.95. The van der Waals surface area contributed by atoms with E-state index in [2.05, 4.69) is 0 Å². The number of nitrogens with one attached hydrogen (secondary N) is 1. The van der Waals surface area contributed by atoms with Crippen LogP contribution in [0.3, 0.4) is 0 Å². The maximum Gasteiger partial charge on any atom is 0.516 e. The first-order valence-electron chi connectivity index (χ1n) is 9.37. The number of carbonyl (C=O) groups excluding carboxylic acids is 2. The highest BCUT2D eigenvalue weighted by Crippen LogP contribution is 2.31. The Bertz CT molecular complexity index is 1060. The smallest absolute Gasteiger partial charge is 0.488 e. The maximum atomic E-state index is 14.2. The molecule has 0 spiro atoms. The molecular formula is C18H20ClF7N2O6S. The topological polar surface area (TPSA) is 102 Å². The lowest BCUT2D eigenvalue weighted by molar-refractivity contribution is -0.123. The molecule has 1 aromatic rings. The van der Waals surface area contributed by atoms with Crippen LogP contribution in [0.2, 0.25) is 5.02 Å². The molecule has 0 bridgehead atoms. The Labute approximate surface area is 200 Å². The minimum Gasteiger partial charge on any atom is -0.488 e. The normalized spacial score (nSPS) is 13.7. The Balaban J connectivity index is 3.22. The van der Waals surface area contributed by atoms with Crippen LogP contribution in [0.4, 0.5) is 35.5 Å². The van der Waals surface area contributed by atoms with Crippen molar-refractivity contribution in [2.45, 2.75) is 51.0 Å². The third kappa shape index (κ3) is 8.59. The number of ether oxygens (including phenoxy) is 2. The van der Waals surface area contributed by atoms with Gasteiger partial charge in [0.1, 0.15) is 18.8 Å². The molecule has 0 saturated carbocycles. The van der Waals surface area contributed by atoms with Crippen LogP contribution >= 0.6 is 11.6 Å². The van der Waals surface area contributed by atoms with Crippen molar-refractivity contribution in [3.8, 4) is 5.75 Å². The molecule has 1 N–H and O–H groups in total. The molecule has 0 aliphatic carbocycles. The van der Waals surface area contributed by atoms with E-state index in [0.29, 0.717) is 12.1 Å². The summed E-state index contributed by atoms with van der Waals surface area (Å²) in [7, 11) is -6.28. The van der Waals surface area contributed by atoms with Crippen LogP contribution in [-0.4, -0.2) is 61.2 Å². The van der Waals surface area contributed by atoms with E-state index in [-0.39, 0.29) is 0 Å². The van der Waals surface area contributed by atoms with Gasteiger partial charge in [0.25, 0.3) is 5.91 Å². The monoisotopic (exact) mass is 560 g/mol. The van der Waals surface area contributed by atoms with Crippen LogP contribution in [0, 0.1) is 5.82 Å². The summed E-state index contributed by atoms with van der Waals surface area (Å²) in [5.41, 5.74) is -7.97. The summed E-state index contributed by atoms with van der Waals surface area (Å²) >= 11 is 5.66. The summed E-state index contributed by atoms with van der Waals surface area (Å²) in [6.07, 6.45) is -6.67. The molecule has 200 valence electrons. The van der Waals surface area contributed by atoms with Crippen molar-refractivity contribution >= 4 is 33.6 Å². The van der Waals surface area contributed by atoms with Gasteiger partial charge >= 0.3 is 27.8 Å². The van der Waals surface area contributed by atoms with E-state index in [0.717, 1.165) is 6.92 Å². The van der Waals surface area contributed by atoms with Crippen LogP contribution in [-0.2, 0) is 14.8 Å². The van der Waals surface area contributed by atoms with Crippen molar-refractivity contribution in [2.24, 2.45) is 0 Å². The van der Waals surface area contributed by atoms with Crippen LogP contribution in [0.5, 0.6) is 5.75 Å². The standard InChI is InChI=1S/C18H20ClF7N2O6S/c1-9(28(15(30)34-16(2,3)4)35(31,32)18(24,25)26)7-33-13-5-10(11(19)6-12(13)20)14(29)27-8-17(21,22)23/h5-6,9H,7-8H2,1-4H3,(H,27,29). The average molecular weight is 561 g/mol. The lowest BCUT2D eigenvalue weighted by Crippen LogP contribution is -2.52. The summed E-state index contributed by atoms with van der Waals surface area (Å²) < 4.78 is 123. The van der Waals surface area contributed by atoms with E-state index in [9.17, 15) is 48.7 Å². The molecule has 17 heteroatoms. The molecule has 0 fully saturated rings. The first-order chi connectivity index (χ1) is 15.6. The summed E-state index contributed by atoms with van der Waals surface area (Å²) in [4.78, 5) is 24.2. The predicted octanol–water partition coefficient (Wildman–Crippen LogP) is 4.63. The van der Waals surface area contributed by atoms with Gasteiger partial charge in [0.15, 0.2) is 11.6 Å². The Kier molecular flexibility index (Phi) is 9.28. The predicted molar refractivity (Wildman–Crippen MR) is 108 cm³/mol. The lowest BCUT2D eigenvalue weighted by atomic mass is 10.2. The number of benzene rings is 1. The number of carbonyl (C=O) groups is 2. The second kappa shape index (κ2) is 10.6. The fraction of sp³-hybridized carbons (Fsp3) is 0.556. The van der Waals surface area contributed by atoms with Gasteiger partial charge < -0.3 is 14.8 Å². The molecule has 0 aromatic heterocycles. The summed E-state index contributed by atoms with van der Waals surface area (Å²) in [6, 6.07) is -0.872. The van der Waals surface area contributed by atoms with Crippen molar-refractivity contribution in [3.63, 3.8) is 0 Å². The van der Waals surface area contributed by atoms with Crippen LogP contribution in [0.1, 0.15) is 38.1 Å². The van der Waals surface area contributed by atoms with Gasteiger partial charge in [-0.25, -0.2) is 9.18 Å². The molecule has 1 rings (SSSR count). The largest absolute Gasteiger partial charge is 0.516 e. The minimum atomic E-state index is -6.28. The maximum absolute atomic E-state index is 14.2. The average Bonchev–Trinajstić information content (AvgIpc) is 2.62. The first-order valence-corrected chi connectivity index (χ1v) is 11.2. The van der Waals surface area contributed by atoms with Crippen molar-refractivity contribution < 1.29 is 58.2 Å². The van der Waals surface area contributed by atoms with E-state index < -0.39 is 85.0 Å². The lowest BCUT2D eigenvalue weighted by Gasteiger charge is -2.31. The molecule has 2 amide bonds. The van der Waals surface area contributed by atoms with Crippen molar-refractivity contribution in [2.75, 3.05) is 13.2 Å². The minimum absolute atomic E-state index is 0.488. The Hall–Kier alpha value is -2.49. The van der Waals surface area contributed by atoms with Gasteiger partial charge in [0, 0.05) is 0 Å². The van der Waals surface area contributed by atoms with Gasteiger partial charge in [-0.05, 0) is 39.8 Å². The Morgan fingerprint density at radius 2 is 1.66 bits per heavy atom. The molecule has 1 aromatic carbocycles. The van der Waals surface area contributed by atoms with Crippen LogP contribution < -0.4 is 10.1 Å². The van der Waals surface area contributed by atoms with E-state index in [1.807, 2.05) is 0 Å². The molecule has 0 saturated heterocycles. The number of rotatable bonds is 7. The first kappa shape index (κ1) is 30.5. The molecule has 0 radical (unpaired) electrons. The quantitative estimate of drug-likeness (QED) is 0.488. The third-order valence-electron chi connectivity index (χ3n) is 3.72. The van der Waals surface area contributed by atoms with Crippen molar-refractivity contribution in [1.29, 1.82) is 0 Å².